The van der Waals surface area contributed by atoms with E-state index in [9.17, 15) is 0 Å². The molecule has 2 heterocycles. The normalized spacial score (nSPS) is 54.5. The second-order valence-corrected chi connectivity index (χ2v) is 5.74. The van der Waals surface area contributed by atoms with Crippen LogP contribution < -0.4 is 0 Å². The number of thiol groups is 1. The average Bonchev–Trinajstić information content (AvgIpc) is 2.69. The number of epoxide rings is 1. The van der Waals surface area contributed by atoms with E-state index in [1.54, 1.807) is 0 Å². The van der Waals surface area contributed by atoms with Gasteiger partial charge in [-0.15, -0.1) is 24.4 Å². The van der Waals surface area contributed by atoms with E-state index in [1.807, 2.05) is 11.8 Å². The van der Waals surface area contributed by atoms with E-state index in [0.717, 1.165) is 0 Å². The zero-order valence-corrected chi connectivity index (χ0v) is 9.31. The highest BCUT2D eigenvalue weighted by atomic mass is 32.2. The summed E-state index contributed by atoms with van der Waals surface area (Å²) >= 11 is 6.41. The summed E-state index contributed by atoms with van der Waals surface area (Å²) in [6.07, 6.45) is 0.946. The highest BCUT2D eigenvalue weighted by Gasteiger charge is 2.49. The fourth-order valence-corrected chi connectivity index (χ4v) is 3.84. The summed E-state index contributed by atoms with van der Waals surface area (Å²) in [6.45, 7) is 4.39. The first kappa shape index (κ1) is 9.19. The Balaban J connectivity index is 2.00. The summed E-state index contributed by atoms with van der Waals surface area (Å²) < 4.78 is 5.83. The Morgan fingerprint density at radius 1 is 1.42 bits per heavy atom. The van der Waals surface area contributed by atoms with Crippen LogP contribution in [0.4, 0.5) is 0 Å². The lowest BCUT2D eigenvalue weighted by molar-refractivity contribution is 0.277. The van der Waals surface area contributed by atoms with E-state index in [2.05, 4.69) is 38.4 Å². The van der Waals surface area contributed by atoms with Gasteiger partial charge in [0.05, 0.1) is 17.5 Å². The van der Waals surface area contributed by atoms with Gasteiger partial charge in [-0.2, -0.15) is 0 Å². The Hall–Kier alpha value is 0.620. The molecule has 0 aromatic heterocycles. The Labute approximate surface area is 83.4 Å². The van der Waals surface area contributed by atoms with Gasteiger partial charge >= 0.3 is 0 Å². The molecule has 0 saturated carbocycles. The largest absolute Gasteiger partial charge is 0.369 e. The summed E-state index contributed by atoms with van der Waals surface area (Å²) in [4.78, 5) is 2.30. The van der Waals surface area contributed by atoms with Gasteiger partial charge < -0.3 is 4.74 Å². The molecule has 0 aromatic carbocycles. The van der Waals surface area contributed by atoms with Crippen LogP contribution in [0.2, 0.25) is 0 Å². The molecule has 2 saturated heterocycles. The first-order chi connectivity index (χ1) is 5.61. The molecule has 0 amide bonds. The van der Waals surface area contributed by atoms with E-state index in [1.165, 1.54) is 0 Å². The maximum atomic E-state index is 5.49. The van der Waals surface area contributed by atoms with Crippen molar-refractivity contribution in [2.24, 2.45) is 0 Å². The monoisotopic (exact) mass is 205 g/mol. The molecule has 0 spiro atoms. The molecule has 70 valence electrons. The Bertz CT molecular complexity index is 190. The summed E-state index contributed by atoms with van der Waals surface area (Å²) in [6, 6.07) is 0.590. The summed E-state index contributed by atoms with van der Waals surface area (Å²) in [5, 5.41) is 0.618. The van der Waals surface area contributed by atoms with E-state index >= 15 is 0 Å². The minimum absolute atomic E-state index is 0.349. The van der Waals surface area contributed by atoms with Gasteiger partial charge in [0.25, 0.3) is 0 Å². The zero-order chi connectivity index (χ0) is 8.88. The second kappa shape index (κ2) is 3.08. The predicted octanol–water partition coefficient (Wildman–Crippen LogP) is 1.42. The molecule has 0 aromatic rings. The van der Waals surface area contributed by atoms with Gasteiger partial charge in [-0.3, -0.25) is 4.90 Å². The van der Waals surface area contributed by atoms with Crippen molar-refractivity contribution in [3.05, 3.63) is 0 Å². The molecule has 0 radical (unpaired) electrons. The van der Waals surface area contributed by atoms with E-state index in [0.29, 0.717) is 28.2 Å². The molecule has 2 nitrogen and oxygen atoms in total. The van der Waals surface area contributed by atoms with Gasteiger partial charge in [0.15, 0.2) is 0 Å². The molecule has 2 aliphatic heterocycles. The number of hydrogen-bond donors (Lipinski definition) is 1. The lowest BCUT2D eigenvalue weighted by atomic mass is 10.1. The van der Waals surface area contributed by atoms with Gasteiger partial charge in [0.1, 0.15) is 4.71 Å². The maximum absolute atomic E-state index is 5.49. The summed E-state index contributed by atoms with van der Waals surface area (Å²) in [5.74, 6) is 0. The first-order valence-corrected chi connectivity index (χ1v) is 5.78. The second-order valence-electron chi connectivity index (χ2n) is 3.64. The van der Waals surface area contributed by atoms with E-state index < -0.39 is 0 Å². The van der Waals surface area contributed by atoms with Crippen LogP contribution in [-0.2, 0) is 4.74 Å². The van der Waals surface area contributed by atoms with Crippen LogP contribution in [0.25, 0.3) is 0 Å². The summed E-state index contributed by atoms with van der Waals surface area (Å²) in [5.41, 5.74) is 0. The topological polar surface area (TPSA) is 15.8 Å². The molecule has 4 heteroatoms. The van der Waals surface area contributed by atoms with Crippen molar-refractivity contribution in [1.29, 1.82) is 0 Å². The molecule has 0 aliphatic carbocycles. The predicted molar refractivity (Wildman–Crippen MR) is 55.7 cm³/mol. The number of rotatable bonds is 1. The Kier molecular flexibility index (Phi) is 2.36. The summed E-state index contributed by atoms with van der Waals surface area (Å²) in [7, 11) is 2.13. The van der Waals surface area contributed by atoms with Crippen molar-refractivity contribution in [2.75, 3.05) is 7.05 Å². The molecular weight excluding hydrogens is 190 g/mol. The lowest BCUT2D eigenvalue weighted by Gasteiger charge is -2.19. The van der Waals surface area contributed by atoms with Crippen LogP contribution in [-0.4, -0.2) is 40.2 Å². The zero-order valence-electron chi connectivity index (χ0n) is 7.60. The van der Waals surface area contributed by atoms with Crippen molar-refractivity contribution in [3.8, 4) is 0 Å². The third-order valence-corrected chi connectivity index (χ3v) is 5.11. The molecule has 0 N–H and O–H groups in total. The molecule has 5 atom stereocenters. The number of thioether (sulfide) groups is 1. The molecule has 2 rings (SSSR count). The number of ether oxygens (including phenoxy) is 1. The van der Waals surface area contributed by atoms with Crippen LogP contribution in [0.3, 0.4) is 0 Å². The Morgan fingerprint density at radius 2 is 2.00 bits per heavy atom. The van der Waals surface area contributed by atoms with Crippen molar-refractivity contribution < 1.29 is 4.74 Å². The van der Waals surface area contributed by atoms with E-state index in [4.69, 9.17) is 4.74 Å². The van der Waals surface area contributed by atoms with Crippen molar-refractivity contribution in [1.82, 2.24) is 4.90 Å². The average molecular weight is 205 g/mol. The molecule has 2 aliphatic rings. The molecule has 5 unspecified atom stereocenters. The van der Waals surface area contributed by atoms with Gasteiger partial charge in [-0.1, -0.05) is 0 Å². The van der Waals surface area contributed by atoms with Crippen LogP contribution >= 0.6 is 24.4 Å². The number of nitrogens with zero attached hydrogens (tertiary/aromatic N) is 1. The highest BCUT2D eigenvalue weighted by Crippen LogP contribution is 2.44. The standard InChI is InChI=1S/C8H15NOS2/c1-4-7(6-5(2)10-6)12-8(11)9(4)3/h4-8,11H,1-3H3. The quantitative estimate of drug-likeness (QED) is 0.515. The minimum atomic E-state index is 0.349. The highest BCUT2D eigenvalue weighted by molar-refractivity contribution is 8.11. The van der Waals surface area contributed by atoms with Gasteiger partial charge in [0, 0.05) is 6.04 Å². The van der Waals surface area contributed by atoms with Crippen LogP contribution in [0.5, 0.6) is 0 Å². The van der Waals surface area contributed by atoms with Gasteiger partial charge in [-0.25, -0.2) is 0 Å². The van der Waals surface area contributed by atoms with Gasteiger partial charge in [-0.05, 0) is 20.9 Å². The molecular formula is C8H15NOS2. The number of hydrogen-bond acceptors (Lipinski definition) is 4. The van der Waals surface area contributed by atoms with Crippen LogP contribution in [0.15, 0.2) is 0 Å². The third-order valence-electron chi connectivity index (χ3n) is 2.83. The molecule has 2 fully saturated rings. The first-order valence-electron chi connectivity index (χ1n) is 4.32. The maximum Gasteiger partial charge on any atom is 0.100 e. The van der Waals surface area contributed by atoms with Crippen molar-refractivity contribution in [2.45, 2.75) is 42.1 Å². The smallest absolute Gasteiger partial charge is 0.100 e. The third kappa shape index (κ3) is 1.39. The fourth-order valence-electron chi connectivity index (χ4n) is 1.68. The van der Waals surface area contributed by atoms with Crippen LogP contribution in [0.1, 0.15) is 13.8 Å². The van der Waals surface area contributed by atoms with Gasteiger partial charge in [0.2, 0.25) is 0 Å². The Morgan fingerprint density at radius 3 is 2.33 bits per heavy atom. The van der Waals surface area contributed by atoms with E-state index in [-0.39, 0.29) is 0 Å². The lowest BCUT2D eigenvalue weighted by Crippen LogP contribution is -2.33. The fraction of sp³-hybridized carbons (Fsp3) is 1.00. The van der Waals surface area contributed by atoms with Crippen LogP contribution in [0, 0.1) is 0 Å². The molecule has 0 bridgehead atoms. The minimum Gasteiger partial charge on any atom is -0.369 e. The molecule has 12 heavy (non-hydrogen) atoms. The van der Waals surface area contributed by atoms with Crippen molar-refractivity contribution in [3.63, 3.8) is 0 Å². The SMILES string of the molecule is CC1OC1C1SC(S)N(C)C1C. The van der Waals surface area contributed by atoms with Crippen molar-refractivity contribution >= 4 is 24.4 Å².